The molecule has 0 N–H and O–H groups in total. The molecule has 2 heterocycles. The fraction of sp³-hybridized carbons (Fsp3) is 0.667. The van der Waals surface area contributed by atoms with Crippen LogP contribution in [0.3, 0.4) is 0 Å². The zero-order valence-corrected chi connectivity index (χ0v) is 11.5. The average Bonchev–Trinajstić information content (AvgIpc) is 3.17. The van der Waals surface area contributed by atoms with E-state index < -0.39 is 0 Å². The summed E-state index contributed by atoms with van der Waals surface area (Å²) in [5, 5.41) is 0. The smallest absolute Gasteiger partial charge is 0.128 e. The number of rotatable bonds is 3. The highest BCUT2D eigenvalue weighted by Crippen LogP contribution is 2.31. The van der Waals surface area contributed by atoms with Crippen LogP contribution >= 0.6 is 0 Å². The average molecular weight is 245 g/mol. The van der Waals surface area contributed by atoms with Crippen LogP contribution in [0.2, 0.25) is 0 Å². The molecular formula is C15H23N3. The van der Waals surface area contributed by atoms with E-state index in [2.05, 4.69) is 40.8 Å². The lowest BCUT2D eigenvalue weighted by molar-refractivity contribution is 0.181. The van der Waals surface area contributed by atoms with Crippen LogP contribution in [0.15, 0.2) is 18.3 Å². The van der Waals surface area contributed by atoms with Crippen LogP contribution in [0, 0.1) is 12.8 Å². The monoisotopic (exact) mass is 245 g/mol. The fourth-order valence-corrected chi connectivity index (χ4v) is 2.75. The van der Waals surface area contributed by atoms with E-state index in [1.165, 1.54) is 31.5 Å². The van der Waals surface area contributed by atoms with Crippen LogP contribution in [0.1, 0.15) is 25.3 Å². The molecule has 0 spiro atoms. The van der Waals surface area contributed by atoms with Crippen molar-refractivity contribution in [2.24, 2.45) is 5.92 Å². The number of nitrogens with zero attached hydrogens (tertiary/aromatic N) is 3. The van der Waals surface area contributed by atoms with Crippen molar-refractivity contribution in [2.45, 2.75) is 32.7 Å². The van der Waals surface area contributed by atoms with Gasteiger partial charge in [-0.2, -0.15) is 0 Å². The van der Waals surface area contributed by atoms with Gasteiger partial charge in [0.15, 0.2) is 0 Å². The number of piperazine rings is 1. The second-order valence-corrected chi connectivity index (χ2v) is 5.93. The summed E-state index contributed by atoms with van der Waals surface area (Å²) in [6.07, 6.45) is 4.87. The van der Waals surface area contributed by atoms with E-state index in [1.807, 2.05) is 6.20 Å². The highest BCUT2D eigenvalue weighted by molar-refractivity contribution is 5.40. The highest BCUT2D eigenvalue weighted by Gasteiger charge is 2.30. The number of pyridine rings is 1. The lowest BCUT2D eigenvalue weighted by Gasteiger charge is -2.40. The molecule has 0 unspecified atom stereocenters. The maximum absolute atomic E-state index is 4.54. The van der Waals surface area contributed by atoms with Gasteiger partial charge in [0.25, 0.3) is 0 Å². The van der Waals surface area contributed by atoms with Gasteiger partial charge in [0.05, 0.1) is 0 Å². The van der Waals surface area contributed by atoms with E-state index in [1.54, 1.807) is 0 Å². The van der Waals surface area contributed by atoms with Crippen LogP contribution in [-0.2, 0) is 0 Å². The number of hydrogen-bond acceptors (Lipinski definition) is 3. The Bertz CT molecular complexity index is 397. The quantitative estimate of drug-likeness (QED) is 0.814. The summed E-state index contributed by atoms with van der Waals surface area (Å²) in [5.41, 5.74) is 1.24. The second-order valence-electron chi connectivity index (χ2n) is 5.93. The zero-order chi connectivity index (χ0) is 12.5. The lowest BCUT2D eigenvalue weighted by atomic mass is 10.1. The Morgan fingerprint density at radius 1 is 1.28 bits per heavy atom. The molecule has 1 aliphatic heterocycles. The van der Waals surface area contributed by atoms with Crippen LogP contribution in [-0.4, -0.2) is 42.1 Å². The third-order valence-electron chi connectivity index (χ3n) is 4.17. The molecule has 1 aromatic heterocycles. The van der Waals surface area contributed by atoms with Gasteiger partial charge in [-0.1, -0.05) is 6.07 Å². The molecule has 18 heavy (non-hydrogen) atoms. The van der Waals surface area contributed by atoms with Crippen LogP contribution < -0.4 is 4.90 Å². The summed E-state index contributed by atoms with van der Waals surface area (Å²) in [6.45, 7) is 9.18. The Morgan fingerprint density at radius 2 is 2.11 bits per heavy atom. The summed E-state index contributed by atoms with van der Waals surface area (Å²) < 4.78 is 0. The van der Waals surface area contributed by atoms with Gasteiger partial charge in [-0.3, -0.25) is 4.90 Å². The molecule has 0 radical (unpaired) electrons. The van der Waals surface area contributed by atoms with Crippen molar-refractivity contribution in [3.63, 3.8) is 0 Å². The molecular weight excluding hydrogens is 222 g/mol. The molecule has 3 heteroatoms. The lowest BCUT2D eigenvalue weighted by Crippen LogP contribution is -2.52. The fourth-order valence-electron chi connectivity index (χ4n) is 2.75. The molecule has 3 rings (SSSR count). The molecule has 0 aromatic carbocycles. The Kier molecular flexibility index (Phi) is 3.25. The van der Waals surface area contributed by atoms with Crippen LogP contribution in [0.25, 0.3) is 0 Å². The molecule has 1 aliphatic carbocycles. The predicted molar refractivity (Wildman–Crippen MR) is 74.9 cm³/mol. The molecule has 98 valence electrons. The van der Waals surface area contributed by atoms with Crippen molar-refractivity contribution >= 4 is 5.82 Å². The van der Waals surface area contributed by atoms with Gasteiger partial charge in [0.2, 0.25) is 0 Å². The molecule has 2 fully saturated rings. The number of aryl methyl sites for hydroxylation is 1. The molecule has 0 bridgehead atoms. The van der Waals surface area contributed by atoms with Crippen molar-refractivity contribution in [3.05, 3.63) is 23.9 Å². The first kappa shape index (κ1) is 12.0. The highest BCUT2D eigenvalue weighted by atomic mass is 15.3. The van der Waals surface area contributed by atoms with Gasteiger partial charge in [-0.15, -0.1) is 0 Å². The van der Waals surface area contributed by atoms with Gasteiger partial charge < -0.3 is 4.90 Å². The first-order valence-corrected chi connectivity index (χ1v) is 7.14. The molecule has 1 saturated carbocycles. The normalized spacial score (nSPS) is 25.4. The maximum Gasteiger partial charge on any atom is 0.128 e. The summed E-state index contributed by atoms with van der Waals surface area (Å²) >= 11 is 0. The van der Waals surface area contributed by atoms with Crippen molar-refractivity contribution in [1.82, 2.24) is 9.88 Å². The van der Waals surface area contributed by atoms with Crippen molar-refractivity contribution in [3.8, 4) is 0 Å². The number of aromatic nitrogens is 1. The minimum atomic E-state index is 0.655. The summed E-state index contributed by atoms with van der Waals surface area (Å²) in [7, 11) is 0. The topological polar surface area (TPSA) is 19.4 Å². The van der Waals surface area contributed by atoms with E-state index in [4.69, 9.17) is 0 Å². The van der Waals surface area contributed by atoms with Gasteiger partial charge in [0, 0.05) is 38.4 Å². The Morgan fingerprint density at radius 3 is 2.72 bits per heavy atom. The minimum absolute atomic E-state index is 0.655. The number of hydrogen-bond donors (Lipinski definition) is 0. The van der Waals surface area contributed by atoms with Crippen molar-refractivity contribution in [2.75, 3.05) is 31.1 Å². The maximum atomic E-state index is 4.54. The Balaban J connectivity index is 1.61. The van der Waals surface area contributed by atoms with E-state index in [0.29, 0.717) is 6.04 Å². The van der Waals surface area contributed by atoms with Crippen LogP contribution in [0.5, 0.6) is 0 Å². The van der Waals surface area contributed by atoms with E-state index in [-0.39, 0.29) is 0 Å². The van der Waals surface area contributed by atoms with E-state index >= 15 is 0 Å². The summed E-state index contributed by atoms with van der Waals surface area (Å²) in [6, 6.07) is 4.96. The van der Waals surface area contributed by atoms with Gasteiger partial charge in [0.1, 0.15) is 5.82 Å². The first-order valence-electron chi connectivity index (χ1n) is 7.14. The predicted octanol–water partition coefficient (Wildman–Crippen LogP) is 2.31. The zero-order valence-electron chi connectivity index (χ0n) is 11.5. The van der Waals surface area contributed by atoms with Gasteiger partial charge in [-0.05, 0) is 44.2 Å². The summed E-state index contributed by atoms with van der Waals surface area (Å²) in [5.74, 6) is 2.13. The second kappa shape index (κ2) is 4.88. The first-order chi connectivity index (χ1) is 8.72. The molecule has 2 aliphatic rings. The third-order valence-corrected chi connectivity index (χ3v) is 4.17. The molecule has 0 amide bonds. The van der Waals surface area contributed by atoms with E-state index in [0.717, 1.165) is 24.8 Å². The van der Waals surface area contributed by atoms with E-state index in [9.17, 15) is 0 Å². The standard InChI is InChI=1S/C15H23N3/c1-12-3-6-15(16-9-12)18-8-7-17(13(2)10-18)11-14-4-5-14/h3,6,9,13-14H,4-5,7-8,10-11H2,1-2H3/t13-/m0/s1. The Labute approximate surface area is 110 Å². The molecule has 1 atom stereocenters. The number of anilines is 1. The summed E-state index contributed by atoms with van der Waals surface area (Å²) in [4.78, 5) is 9.62. The van der Waals surface area contributed by atoms with Gasteiger partial charge >= 0.3 is 0 Å². The molecule has 1 saturated heterocycles. The van der Waals surface area contributed by atoms with Crippen molar-refractivity contribution in [1.29, 1.82) is 0 Å². The van der Waals surface area contributed by atoms with Crippen LogP contribution in [0.4, 0.5) is 5.82 Å². The minimum Gasteiger partial charge on any atom is -0.354 e. The molecule has 3 nitrogen and oxygen atoms in total. The third kappa shape index (κ3) is 2.66. The SMILES string of the molecule is Cc1ccc(N2CCN(CC3CC3)[C@@H](C)C2)nc1. The Hall–Kier alpha value is -1.09. The van der Waals surface area contributed by atoms with Gasteiger partial charge in [-0.25, -0.2) is 4.98 Å². The largest absolute Gasteiger partial charge is 0.354 e. The molecule has 1 aromatic rings. The van der Waals surface area contributed by atoms with Crippen molar-refractivity contribution < 1.29 is 0 Å².